The molecule has 0 bridgehead atoms. The maximum atomic E-state index is 9.40. The van der Waals surface area contributed by atoms with Crippen LogP contribution in [0, 0.1) is 11.3 Å². The Kier molecular flexibility index (Phi) is 5.32. The van der Waals surface area contributed by atoms with E-state index in [0.29, 0.717) is 11.3 Å². The quantitative estimate of drug-likeness (QED) is 0.426. The second kappa shape index (κ2) is 8.06. The Morgan fingerprint density at radius 1 is 0.931 bits per heavy atom. The van der Waals surface area contributed by atoms with Crippen LogP contribution in [0.15, 0.2) is 90.1 Å². The molecule has 0 atom stereocenters. The standard InChI is InChI=1S/C23H14N4O.Na.H/c24-12-18-4-1-2-7-20(18)16-5-3-6-19(10-16)27-14-26-21-11-17(8-9-22(21)27)23-13-25-15-28-23;;/h1-11,13-15H;;. The van der Waals surface area contributed by atoms with Crippen molar-refractivity contribution in [2.75, 3.05) is 0 Å². The molecule has 0 spiro atoms. The Morgan fingerprint density at radius 2 is 1.83 bits per heavy atom. The van der Waals surface area contributed by atoms with E-state index in [4.69, 9.17) is 4.42 Å². The first-order valence-electron chi connectivity index (χ1n) is 8.79. The molecule has 0 aliphatic rings. The maximum absolute atomic E-state index is 9.40. The summed E-state index contributed by atoms with van der Waals surface area (Å²) < 4.78 is 7.41. The van der Waals surface area contributed by atoms with Gasteiger partial charge in [-0.15, -0.1) is 0 Å². The minimum absolute atomic E-state index is 0. The van der Waals surface area contributed by atoms with Crippen molar-refractivity contribution in [3.8, 4) is 34.2 Å². The first-order valence-corrected chi connectivity index (χ1v) is 8.79. The molecule has 6 heteroatoms. The number of oxazole rings is 1. The Morgan fingerprint density at radius 3 is 2.66 bits per heavy atom. The number of imidazole rings is 1. The predicted octanol–water partition coefficient (Wildman–Crippen LogP) is 4.57. The number of nitriles is 1. The molecule has 0 fully saturated rings. The zero-order valence-electron chi connectivity index (χ0n) is 14.8. The zero-order chi connectivity index (χ0) is 18.9. The van der Waals surface area contributed by atoms with Crippen molar-refractivity contribution in [3.05, 3.63) is 91.2 Å². The van der Waals surface area contributed by atoms with Gasteiger partial charge in [-0.25, -0.2) is 9.97 Å². The minimum atomic E-state index is 0. The molecule has 0 N–H and O–H groups in total. The molecule has 5 aromatic rings. The van der Waals surface area contributed by atoms with Gasteiger partial charge in [0, 0.05) is 11.3 Å². The van der Waals surface area contributed by atoms with Crippen LogP contribution in [0.4, 0.5) is 0 Å². The van der Waals surface area contributed by atoms with E-state index in [1.807, 2.05) is 71.6 Å². The van der Waals surface area contributed by atoms with Crippen molar-refractivity contribution in [1.29, 1.82) is 5.26 Å². The van der Waals surface area contributed by atoms with Crippen LogP contribution in [0.25, 0.3) is 39.2 Å². The molecule has 2 heterocycles. The van der Waals surface area contributed by atoms with Crippen molar-refractivity contribution >= 4 is 40.6 Å². The molecule has 3 aromatic carbocycles. The van der Waals surface area contributed by atoms with Gasteiger partial charge in [0.25, 0.3) is 0 Å². The van der Waals surface area contributed by atoms with Gasteiger partial charge in [-0.2, -0.15) is 5.26 Å². The number of rotatable bonds is 3. The first-order chi connectivity index (χ1) is 13.8. The molecule has 0 unspecified atom stereocenters. The number of nitrogens with zero attached hydrogens (tertiary/aromatic N) is 4. The van der Waals surface area contributed by atoms with Gasteiger partial charge in [-0.1, -0.05) is 30.3 Å². The van der Waals surface area contributed by atoms with Crippen LogP contribution in [0.2, 0.25) is 0 Å². The second-order valence-electron chi connectivity index (χ2n) is 6.39. The Bertz CT molecular complexity index is 1330. The molecule has 2 aromatic heterocycles. The third-order valence-electron chi connectivity index (χ3n) is 4.75. The van der Waals surface area contributed by atoms with Gasteiger partial charge < -0.3 is 4.42 Å². The average molecular weight is 386 g/mol. The summed E-state index contributed by atoms with van der Waals surface area (Å²) in [6.07, 6.45) is 4.92. The molecule has 0 saturated carbocycles. The van der Waals surface area contributed by atoms with Gasteiger partial charge in [-0.05, 0) is 47.5 Å². The Hall–Kier alpha value is -3.17. The zero-order valence-corrected chi connectivity index (χ0v) is 14.8. The molecule has 0 aliphatic heterocycles. The number of benzene rings is 3. The molecular weight excluding hydrogens is 371 g/mol. The normalized spacial score (nSPS) is 10.4. The van der Waals surface area contributed by atoms with Crippen LogP contribution in [0.1, 0.15) is 5.56 Å². The fourth-order valence-corrected chi connectivity index (χ4v) is 3.39. The van der Waals surface area contributed by atoms with E-state index < -0.39 is 0 Å². The predicted molar refractivity (Wildman–Crippen MR) is 114 cm³/mol. The monoisotopic (exact) mass is 386 g/mol. The van der Waals surface area contributed by atoms with Crippen molar-refractivity contribution in [2.24, 2.45) is 0 Å². The van der Waals surface area contributed by atoms with Gasteiger partial charge in [-0.3, -0.25) is 4.57 Å². The number of hydrogen-bond donors (Lipinski definition) is 0. The fourth-order valence-electron chi connectivity index (χ4n) is 3.39. The van der Waals surface area contributed by atoms with Crippen LogP contribution in [-0.4, -0.2) is 44.1 Å². The van der Waals surface area contributed by atoms with Gasteiger partial charge in [0.05, 0.1) is 28.9 Å². The van der Waals surface area contributed by atoms with Crippen LogP contribution in [0.3, 0.4) is 0 Å². The Labute approximate surface area is 189 Å². The average Bonchev–Trinajstić information content (AvgIpc) is 3.43. The van der Waals surface area contributed by atoms with E-state index in [9.17, 15) is 5.26 Å². The molecule has 0 radical (unpaired) electrons. The van der Waals surface area contributed by atoms with Crippen molar-refractivity contribution in [1.82, 2.24) is 14.5 Å². The molecule has 134 valence electrons. The van der Waals surface area contributed by atoms with E-state index in [2.05, 4.69) is 22.1 Å². The fraction of sp³-hybridized carbons (Fsp3) is 0. The van der Waals surface area contributed by atoms with E-state index in [0.717, 1.165) is 33.4 Å². The van der Waals surface area contributed by atoms with Crippen molar-refractivity contribution < 1.29 is 4.42 Å². The summed E-state index contributed by atoms with van der Waals surface area (Å²) in [5.41, 5.74) is 6.36. The summed E-state index contributed by atoms with van der Waals surface area (Å²) in [7, 11) is 0. The van der Waals surface area contributed by atoms with Crippen LogP contribution in [0.5, 0.6) is 0 Å². The molecule has 0 amide bonds. The number of fused-ring (bicyclic) bond motifs is 1. The Balaban J connectivity index is 0.00000205. The van der Waals surface area contributed by atoms with Gasteiger partial charge in [0.1, 0.15) is 6.33 Å². The summed E-state index contributed by atoms with van der Waals surface area (Å²) in [6, 6.07) is 24.0. The summed E-state index contributed by atoms with van der Waals surface area (Å²) in [4.78, 5) is 8.52. The van der Waals surface area contributed by atoms with E-state index in [1.165, 1.54) is 6.39 Å². The van der Waals surface area contributed by atoms with Crippen LogP contribution < -0.4 is 0 Å². The van der Waals surface area contributed by atoms with Gasteiger partial charge >= 0.3 is 29.6 Å². The topological polar surface area (TPSA) is 67.6 Å². The summed E-state index contributed by atoms with van der Waals surface area (Å²) >= 11 is 0. The van der Waals surface area contributed by atoms with Gasteiger partial charge in [0.2, 0.25) is 0 Å². The number of hydrogen-bond acceptors (Lipinski definition) is 4. The van der Waals surface area contributed by atoms with Crippen molar-refractivity contribution in [2.45, 2.75) is 0 Å². The van der Waals surface area contributed by atoms with E-state index >= 15 is 0 Å². The SMILES string of the molecule is N#Cc1ccccc1-c1cccc(-n2cnc3cc(-c4cnco4)ccc32)c1.[NaH]. The number of aromatic nitrogens is 3. The van der Waals surface area contributed by atoms with Crippen LogP contribution >= 0.6 is 0 Å². The molecule has 5 rings (SSSR count). The third kappa shape index (κ3) is 3.50. The van der Waals surface area contributed by atoms with E-state index in [-0.39, 0.29) is 29.6 Å². The third-order valence-corrected chi connectivity index (χ3v) is 4.75. The molecular formula is C23H15N4NaO. The molecule has 5 nitrogen and oxygen atoms in total. The second-order valence-corrected chi connectivity index (χ2v) is 6.39. The summed E-state index contributed by atoms with van der Waals surface area (Å²) in [5.74, 6) is 0.714. The first kappa shape index (κ1) is 19.2. The van der Waals surface area contributed by atoms with Crippen molar-refractivity contribution in [3.63, 3.8) is 0 Å². The molecule has 0 saturated heterocycles. The summed E-state index contributed by atoms with van der Waals surface area (Å²) in [5, 5.41) is 9.40. The van der Waals surface area contributed by atoms with Crippen LogP contribution in [-0.2, 0) is 0 Å². The van der Waals surface area contributed by atoms with Gasteiger partial charge in [0.15, 0.2) is 12.2 Å². The summed E-state index contributed by atoms with van der Waals surface area (Å²) in [6.45, 7) is 0. The van der Waals surface area contributed by atoms with E-state index in [1.54, 1.807) is 6.20 Å². The molecule has 29 heavy (non-hydrogen) atoms. The molecule has 0 aliphatic carbocycles.